The van der Waals surface area contributed by atoms with Crippen LogP contribution in [0.5, 0.6) is 0 Å². The Labute approximate surface area is 188 Å². The second-order valence-corrected chi connectivity index (χ2v) is 8.55. The van der Waals surface area contributed by atoms with Crippen LogP contribution in [-0.2, 0) is 13.0 Å². The molecular formula is C24H28ClN5O. The molecule has 3 N–H and O–H groups in total. The van der Waals surface area contributed by atoms with Gasteiger partial charge in [-0.1, -0.05) is 17.7 Å². The molecule has 4 rings (SSSR count). The Morgan fingerprint density at radius 3 is 2.81 bits per heavy atom. The van der Waals surface area contributed by atoms with Gasteiger partial charge in [-0.3, -0.25) is 4.79 Å². The van der Waals surface area contributed by atoms with Gasteiger partial charge in [-0.05, 0) is 54.3 Å². The predicted molar refractivity (Wildman–Crippen MR) is 128 cm³/mol. The third-order valence-electron chi connectivity index (χ3n) is 5.64. The first-order valence-corrected chi connectivity index (χ1v) is 11.0. The largest absolute Gasteiger partial charge is 0.383 e. The van der Waals surface area contributed by atoms with Gasteiger partial charge in [-0.25, -0.2) is 4.98 Å². The van der Waals surface area contributed by atoms with E-state index in [4.69, 9.17) is 22.3 Å². The molecule has 1 aromatic heterocycles. The molecule has 0 saturated heterocycles. The molecule has 0 unspecified atom stereocenters. The van der Waals surface area contributed by atoms with Crippen molar-refractivity contribution in [2.75, 3.05) is 43.9 Å². The van der Waals surface area contributed by atoms with Crippen LogP contribution in [0.3, 0.4) is 0 Å². The van der Waals surface area contributed by atoms with Crippen molar-refractivity contribution in [3.8, 4) is 0 Å². The van der Waals surface area contributed by atoms with E-state index in [0.717, 1.165) is 53.9 Å². The van der Waals surface area contributed by atoms with Gasteiger partial charge >= 0.3 is 0 Å². The minimum Gasteiger partial charge on any atom is -0.383 e. The average Bonchev–Trinajstić information content (AvgIpc) is 2.98. The van der Waals surface area contributed by atoms with Crippen molar-refractivity contribution in [1.29, 1.82) is 0 Å². The zero-order chi connectivity index (χ0) is 22.0. The van der Waals surface area contributed by atoms with Crippen LogP contribution < -0.4 is 16.0 Å². The molecule has 3 aromatic rings. The van der Waals surface area contributed by atoms with Crippen LogP contribution in [0.1, 0.15) is 27.9 Å². The summed E-state index contributed by atoms with van der Waals surface area (Å²) in [6, 6.07) is 13.9. The normalized spacial score (nSPS) is 13.6. The molecule has 1 amide bonds. The highest BCUT2D eigenvalue weighted by atomic mass is 35.5. The molecule has 2 heterocycles. The Balaban J connectivity index is 1.68. The highest BCUT2D eigenvalue weighted by molar-refractivity contribution is 6.31. The van der Waals surface area contributed by atoms with Crippen molar-refractivity contribution in [3.05, 3.63) is 64.2 Å². The number of pyridine rings is 1. The smallest absolute Gasteiger partial charge is 0.253 e. The van der Waals surface area contributed by atoms with E-state index < -0.39 is 0 Å². The molecule has 0 radical (unpaired) electrons. The van der Waals surface area contributed by atoms with Crippen molar-refractivity contribution in [3.63, 3.8) is 0 Å². The van der Waals surface area contributed by atoms with Gasteiger partial charge in [-0.15, -0.1) is 0 Å². The molecule has 0 spiro atoms. The fourth-order valence-electron chi connectivity index (χ4n) is 4.04. The van der Waals surface area contributed by atoms with Crippen LogP contribution in [0, 0.1) is 0 Å². The summed E-state index contributed by atoms with van der Waals surface area (Å²) in [7, 11) is 3.56. The third-order valence-corrected chi connectivity index (χ3v) is 5.87. The van der Waals surface area contributed by atoms with Crippen molar-refractivity contribution in [2.24, 2.45) is 5.73 Å². The molecule has 0 aliphatic carbocycles. The van der Waals surface area contributed by atoms with E-state index >= 15 is 0 Å². The third kappa shape index (κ3) is 4.60. The van der Waals surface area contributed by atoms with Gasteiger partial charge in [0.25, 0.3) is 5.91 Å². The number of anilines is 2. The molecule has 0 saturated carbocycles. The number of nitrogens with one attached hydrogen (secondary N) is 1. The maximum absolute atomic E-state index is 12.4. The summed E-state index contributed by atoms with van der Waals surface area (Å²) in [5.41, 5.74) is 10.8. The molecule has 0 bridgehead atoms. The van der Waals surface area contributed by atoms with Crippen molar-refractivity contribution in [2.45, 2.75) is 19.4 Å². The second-order valence-electron chi connectivity index (χ2n) is 8.11. The number of aromatic nitrogens is 1. The lowest BCUT2D eigenvalue weighted by molar-refractivity contribution is 0.0827. The average molecular weight is 438 g/mol. The summed E-state index contributed by atoms with van der Waals surface area (Å²) < 4.78 is 0. The van der Waals surface area contributed by atoms with Gasteiger partial charge in [0.1, 0.15) is 5.82 Å². The van der Waals surface area contributed by atoms with Gasteiger partial charge in [0.15, 0.2) is 0 Å². The summed E-state index contributed by atoms with van der Waals surface area (Å²) in [5, 5.41) is 5.09. The monoisotopic (exact) mass is 437 g/mol. The molecule has 31 heavy (non-hydrogen) atoms. The van der Waals surface area contributed by atoms with Crippen LogP contribution in [0.25, 0.3) is 10.9 Å². The van der Waals surface area contributed by atoms with E-state index in [1.807, 2.05) is 30.3 Å². The summed E-state index contributed by atoms with van der Waals surface area (Å²) >= 11 is 6.23. The van der Waals surface area contributed by atoms with Gasteiger partial charge in [-0.2, -0.15) is 0 Å². The standard InChI is InChI=1S/C24H28ClN5O/c1-29(2)24(31)17-5-6-18-15-30(11-3-4-16(18)12-17)23-14-22(27-10-9-26)20-13-19(25)7-8-21(20)28-23/h5-8,12-14H,3-4,9-11,15,26H2,1-2H3,(H,27,28). The Kier molecular flexibility index (Phi) is 6.30. The number of fused-ring (bicyclic) bond motifs is 2. The highest BCUT2D eigenvalue weighted by Gasteiger charge is 2.19. The van der Waals surface area contributed by atoms with E-state index in [-0.39, 0.29) is 5.91 Å². The van der Waals surface area contributed by atoms with Gasteiger partial charge in [0, 0.05) is 68.0 Å². The summed E-state index contributed by atoms with van der Waals surface area (Å²) in [5.74, 6) is 0.963. The van der Waals surface area contributed by atoms with E-state index in [0.29, 0.717) is 18.1 Å². The molecule has 7 heteroatoms. The van der Waals surface area contributed by atoms with Gasteiger partial charge in [0.05, 0.1) is 5.52 Å². The van der Waals surface area contributed by atoms with Crippen LogP contribution in [0.15, 0.2) is 42.5 Å². The fraction of sp³-hybridized carbons (Fsp3) is 0.333. The number of halogens is 1. The number of carbonyl (C=O) groups excluding carboxylic acids is 1. The minimum absolute atomic E-state index is 0.0365. The number of nitrogens with zero attached hydrogens (tertiary/aromatic N) is 3. The van der Waals surface area contributed by atoms with Crippen LogP contribution in [0.2, 0.25) is 5.02 Å². The molecule has 6 nitrogen and oxygen atoms in total. The van der Waals surface area contributed by atoms with Crippen molar-refractivity contribution in [1.82, 2.24) is 9.88 Å². The Morgan fingerprint density at radius 2 is 2.03 bits per heavy atom. The van der Waals surface area contributed by atoms with E-state index in [2.05, 4.69) is 22.3 Å². The topological polar surface area (TPSA) is 74.5 Å². The SMILES string of the molecule is CN(C)C(=O)c1ccc2c(c1)CCCN(c1cc(NCCN)c3cc(Cl)ccc3n1)C2. The van der Waals surface area contributed by atoms with Crippen molar-refractivity contribution < 1.29 is 4.79 Å². The van der Waals surface area contributed by atoms with Crippen LogP contribution in [0.4, 0.5) is 11.5 Å². The number of rotatable bonds is 5. The molecule has 2 aromatic carbocycles. The fourth-order valence-corrected chi connectivity index (χ4v) is 4.22. The Hall–Kier alpha value is -2.83. The molecule has 0 fully saturated rings. The lowest BCUT2D eigenvalue weighted by Crippen LogP contribution is -2.24. The number of hydrogen-bond acceptors (Lipinski definition) is 5. The van der Waals surface area contributed by atoms with E-state index in [9.17, 15) is 4.79 Å². The number of carbonyl (C=O) groups is 1. The van der Waals surface area contributed by atoms with Gasteiger partial charge in [0.2, 0.25) is 0 Å². The highest BCUT2D eigenvalue weighted by Crippen LogP contribution is 2.31. The Bertz CT molecular complexity index is 1110. The molecule has 0 atom stereocenters. The summed E-state index contributed by atoms with van der Waals surface area (Å²) in [6.45, 7) is 2.88. The lowest BCUT2D eigenvalue weighted by atomic mass is 10.0. The molecule has 162 valence electrons. The number of aryl methyl sites for hydroxylation is 1. The summed E-state index contributed by atoms with van der Waals surface area (Å²) in [6.07, 6.45) is 1.94. The maximum Gasteiger partial charge on any atom is 0.253 e. The molecular weight excluding hydrogens is 410 g/mol. The predicted octanol–water partition coefficient (Wildman–Crippen LogP) is 3.91. The second kappa shape index (κ2) is 9.12. The molecule has 1 aliphatic heterocycles. The first-order chi connectivity index (χ1) is 15.0. The van der Waals surface area contributed by atoms with Crippen LogP contribution >= 0.6 is 11.6 Å². The summed E-state index contributed by atoms with van der Waals surface area (Å²) in [4.78, 5) is 21.2. The minimum atomic E-state index is 0.0365. The van der Waals surface area contributed by atoms with Crippen molar-refractivity contribution >= 4 is 39.9 Å². The molecule has 1 aliphatic rings. The lowest BCUT2D eigenvalue weighted by Gasteiger charge is -2.24. The number of benzene rings is 2. The first kappa shape index (κ1) is 21.4. The number of amides is 1. The van der Waals surface area contributed by atoms with Crippen LogP contribution in [-0.4, -0.2) is 49.5 Å². The van der Waals surface area contributed by atoms with Gasteiger partial charge < -0.3 is 20.9 Å². The Morgan fingerprint density at radius 1 is 1.19 bits per heavy atom. The zero-order valence-electron chi connectivity index (χ0n) is 18.0. The number of hydrogen-bond donors (Lipinski definition) is 2. The quantitative estimate of drug-likeness (QED) is 0.633. The first-order valence-electron chi connectivity index (χ1n) is 10.6. The van der Waals surface area contributed by atoms with E-state index in [1.54, 1.807) is 19.0 Å². The van der Waals surface area contributed by atoms with E-state index in [1.165, 1.54) is 11.1 Å². The number of nitrogens with two attached hydrogens (primary N) is 1. The zero-order valence-corrected chi connectivity index (χ0v) is 18.7. The maximum atomic E-state index is 12.4.